The first-order valence-electron chi connectivity index (χ1n) is 8.43. The molecule has 0 unspecified atom stereocenters. The first-order chi connectivity index (χ1) is 11.4. The molecule has 1 amide bonds. The number of hydrogen-bond donors (Lipinski definition) is 1. The molecular formula is C18H24N2O3S. The molecule has 2 rings (SSSR count). The highest BCUT2D eigenvalue weighted by Gasteiger charge is 2.21. The second-order valence-electron chi connectivity index (χ2n) is 6.55. The largest absolute Gasteiger partial charge is 0.349 e. The molecule has 1 aliphatic rings. The van der Waals surface area contributed by atoms with Gasteiger partial charge in [-0.2, -0.15) is 5.26 Å². The average Bonchev–Trinajstić information content (AvgIpc) is 2.55. The molecule has 5 nitrogen and oxygen atoms in total. The number of carbonyl (C=O) groups is 1. The van der Waals surface area contributed by atoms with Gasteiger partial charge in [0, 0.05) is 18.0 Å². The molecule has 0 bridgehead atoms. The van der Waals surface area contributed by atoms with E-state index in [4.69, 9.17) is 5.26 Å². The van der Waals surface area contributed by atoms with Gasteiger partial charge in [-0.1, -0.05) is 19.8 Å². The number of rotatable bonds is 6. The second kappa shape index (κ2) is 8.29. The molecular weight excluding hydrogens is 324 g/mol. The number of nitrogens with zero attached hydrogens (tertiary/aromatic N) is 1. The minimum Gasteiger partial charge on any atom is -0.349 e. The first-order valence-corrected chi connectivity index (χ1v) is 10.1. The van der Waals surface area contributed by atoms with Crippen LogP contribution in [0.1, 0.15) is 55.8 Å². The van der Waals surface area contributed by atoms with Gasteiger partial charge in [-0.15, -0.1) is 0 Å². The summed E-state index contributed by atoms with van der Waals surface area (Å²) in [5, 5.41) is 11.5. The molecule has 0 aromatic heterocycles. The predicted octanol–water partition coefficient (Wildman–Crippen LogP) is 3.07. The minimum atomic E-state index is -3.39. The number of hydrogen-bond acceptors (Lipinski definition) is 4. The lowest BCUT2D eigenvalue weighted by Crippen LogP contribution is -2.37. The molecule has 0 spiro atoms. The quantitative estimate of drug-likeness (QED) is 0.800. The van der Waals surface area contributed by atoms with Crippen LogP contribution in [-0.4, -0.2) is 26.1 Å². The van der Waals surface area contributed by atoms with Crippen molar-refractivity contribution < 1.29 is 13.2 Å². The fourth-order valence-corrected chi connectivity index (χ4v) is 4.42. The van der Waals surface area contributed by atoms with Crippen molar-refractivity contribution in [2.45, 2.75) is 56.4 Å². The van der Waals surface area contributed by atoms with Crippen molar-refractivity contribution >= 4 is 15.7 Å². The molecule has 1 fully saturated rings. The first kappa shape index (κ1) is 18.5. The van der Waals surface area contributed by atoms with Crippen molar-refractivity contribution in [2.75, 3.05) is 5.75 Å². The van der Waals surface area contributed by atoms with Gasteiger partial charge in [0.25, 0.3) is 5.91 Å². The Bertz CT molecular complexity index is 705. The van der Waals surface area contributed by atoms with Gasteiger partial charge in [0.2, 0.25) is 0 Å². The third kappa shape index (κ3) is 5.07. The number of benzene rings is 1. The van der Waals surface area contributed by atoms with Crippen LogP contribution in [0.3, 0.4) is 0 Å². The number of unbranched alkanes of at least 4 members (excludes halogenated alkanes) is 1. The molecule has 24 heavy (non-hydrogen) atoms. The third-order valence-corrected chi connectivity index (χ3v) is 6.27. The Morgan fingerprint density at radius 2 is 2.00 bits per heavy atom. The molecule has 1 N–H and O–H groups in total. The number of nitriles is 1. The summed E-state index contributed by atoms with van der Waals surface area (Å²) in [6.07, 6.45) is 4.88. The fraction of sp³-hybridized carbons (Fsp3) is 0.556. The molecule has 0 aliphatic heterocycles. The summed E-state index contributed by atoms with van der Waals surface area (Å²) in [6.45, 7) is 2.20. The van der Waals surface area contributed by atoms with E-state index in [9.17, 15) is 13.2 Å². The monoisotopic (exact) mass is 348 g/mol. The van der Waals surface area contributed by atoms with Crippen molar-refractivity contribution in [1.29, 1.82) is 5.26 Å². The van der Waals surface area contributed by atoms with E-state index < -0.39 is 9.84 Å². The van der Waals surface area contributed by atoms with E-state index in [1.54, 1.807) is 12.1 Å². The molecule has 1 aromatic rings. The van der Waals surface area contributed by atoms with Gasteiger partial charge in [0.15, 0.2) is 9.84 Å². The van der Waals surface area contributed by atoms with Crippen molar-refractivity contribution in [3.05, 3.63) is 29.8 Å². The van der Waals surface area contributed by atoms with Gasteiger partial charge in [-0.05, 0) is 49.4 Å². The molecule has 6 heteroatoms. The van der Waals surface area contributed by atoms with E-state index in [1.165, 1.54) is 18.6 Å². The predicted molar refractivity (Wildman–Crippen MR) is 92.2 cm³/mol. The standard InChI is InChI=1S/C18H24N2O3S/c1-14-5-4-6-16(13-14)20-18(21)15-7-9-17(10-8-15)24(22,23)12-3-2-11-19/h7-10,14,16H,2-6,12-13H2,1H3,(H,20,21)/t14-,16-/m0/s1. The van der Waals surface area contributed by atoms with Crippen LogP contribution in [0.2, 0.25) is 0 Å². The Labute approximate surface area is 144 Å². The van der Waals surface area contributed by atoms with E-state index in [0.29, 0.717) is 17.9 Å². The lowest BCUT2D eigenvalue weighted by Gasteiger charge is -2.27. The summed E-state index contributed by atoms with van der Waals surface area (Å²) in [5.74, 6) is 0.430. The van der Waals surface area contributed by atoms with Crippen LogP contribution >= 0.6 is 0 Å². The van der Waals surface area contributed by atoms with Crippen LogP contribution < -0.4 is 5.32 Å². The molecule has 130 valence electrons. The van der Waals surface area contributed by atoms with Gasteiger partial charge in [-0.25, -0.2) is 8.42 Å². The molecule has 1 saturated carbocycles. The molecule has 1 aromatic carbocycles. The summed E-state index contributed by atoms with van der Waals surface area (Å²) >= 11 is 0. The normalized spacial score (nSPS) is 21.0. The van der Waals surface area contributed by atoms with Crippen molar-refractivity contribution in [3.63, 3.8) is 0 Å². The summed E-state index contributed by atoms with van der Waals surface area (Å²) < 4.78 is 24.3. The summed E-state index contributed by atoms with van der Waals surface area (Å²) in [7, 11) is -3.39. The summed E-state index contributed by atoms with van der Waals surface area (Å²) in [6, 6.07) is 8.20. The van der Waals surface area contributed by atoms with Gasteiger partial charge < -0.3 is 5.32 Å². The lowest BCUT2D eigenvalue weighted by molar-refractivity contribution is 0.0921. The highest BCUT2D eigenvalue weighted by Crippen LogP contribution is 2.24. The second-order valence-corrected chi connectivity index (χ2v) is 8.66. The van der Waals surface area contributed by atoms with E-state index >= 15 is 0 Å². The smallest absolute Gasteiger partial charge is 0.251 e. The zero-order chi connectivity index (χ0) is 17.6. The molecule has 2 atom stereocenters. The number of sulfone groups is 1. The number of carbonyl (C=O) groups excluding carboxylic acids is 1. The molecule has 0 saturated heterocycles. The van der Waals surface area contributed by atoms with Crippen LogP contribution in [0.25, 0.3) is 0 Å². The van der Waals surface area contributed by atoms with E-state index in [1.807, 2.05) is 6.07 Å². The number of amides is 1. The lowest BCUT2D eigenvalue weighted by atomic mass is 9.87. The SMILES string of the molecule is C[C@H]1CCC[C@H](NC(=O)c2ccc(S(=O)(=O)CCCC#N)cc2)C1. The van der Waals surface area contributed by atoms with Crippen LogP contribution in [0.15, 0.2) is 29.2 Å². The van der Waals surface area contributed by atoms with E-state index in [2.05, 4.69) is 12.2 Å². The van der Waals surface area contributed by atoms with Gasteiger partial charge >= 0.3 is 0 Å². The zero-order valence-corrected chi connectivity index (χ0v) is 14.8. The minimum absolute atomic E-state index is 0.0495. The van der Waals surface area contributed by atoms with Crippen LogP contribution in [-0.2, 0) is 9.84 Å². The van der Waals surface area contributed by atoms with Gasteiger partial charge in [0.1, 0.15) is 0 Å². The highest BCUT2D eigenvalue weighted by molar-refractivity contribution is 7.91. The topological polar surface area (TPSA) is 87.0 Å². The Balaban J connectivity index is 1.98. The molecule has 0 heterocycles. The third-order valence-electron chi connectivity index (χ3n) is 4.45. The van der Waals surface area contributed by atoms with Crippen LogP contribution in [0.4, 0.5) is 0 Å². The van der Waals surface area contributed by atoms with E-state index in [0.717, 1.165) is 19.3 Å². The Kier molecular flexibility index (Phi) is 6.38. The Morgan fingerprint density at radius 3 is 2.62 bits per heavy atom. The highest BCUT2D eigenvalue weighted by atomic mass is 32.2. The Hall–Kier alpha value is -1.87. The van der Waals surface area contributed by atoms with Crippen molar-refractivity contribution in [1.82, 2.24) is 5.32 Å². The molecule has 1 aliphatic carbocycles. The van der Waals surface area contributed by atoms with Gasteiger partial charge in [0.05, 0.1) is 16.7 Å². The average molecular weight is 348 g/mol. The summed E-state index contributed by atoms with van der Waals surface area (Å²) in [5.41, 5.74) is 0.476. The maximum Gasteiger partial charge on any atom is 0.251 e. The van der Waals surface area contributed by atoms with Crippen molar-refractivity contribution in [3.8, 4) is 6.07 Å². The van der Waals surface area contributed by atoms with Crippen LogP contribution in [0, 0.1) is 17.2 Å². The van der Waals surface area contributed by atoms with Crippen LogP contribution in [0.5, 0.6) is 0 Å². The maximum absolute atomic E-state index is 12.3. The van der Waals surface area contributed by atoms with Crippen molar-refractivity contribution in [2.24, 2.45) is 5.92 Å². The van der Waals surface area contributed by atoms with Gasteiger partial charge in [-0.3, -0.25) is 4.79 Å². The molecule has 0 radical (unpaired) electrons. The zero-order valence-electron chi connectivity index (χ0n) is 14.0. The maximum atomic E-state index is 12.3. The Morgan fingerprint density at radius 1 is 1.29 bits per heavy atom. The fourth-order valence-electron chi connectivity index (χ4n) is 3.11. The summed E-state index contributed by atoms with van der Waals surface area (Å²) in [4.78, 5) is 12.5. The number of nitrogens with one attached hydrogen (secondary N) is 1. The van der Waals surface area contributed by atoms with E-state index in [-0.39, 0.29) is 29.0 Å².